The molecule has 1 nitrogen and oxygen atoms in total. The van der Waals surface area contributed by atoms with Crippen LogP contribution in [0.2, 0.25) is 0 Å². The molecule has 2 heteroatoms. The van der Waals surface area contributed by atoms with Crippen LogP contribution in [-0.2, 0) is 0 Å². The standard InChI is InChI=1S/C19H15NS/c1-12-7-9-14(10-8-12)16-11-13(2)20-19-18(16)15-5-3-4-6-17(15)21-19/h3-11H,1-2H3. The van der Waals surface area contributed by atoms with Gasteiger partial charge in [-0.25, -0.2) is 4.98 Å². The molecule has 0 saturated carbocycles. The molecule has 0 unspecified atom stereocenters. The summed E-state index contributed by atoms with van der Waals surface area (Å²) in [5.74, 6) is 0. The van der Waals surface area contributed by atoms with Gasteiger partial charge in [0.15, 0.2) is 0 Å². The van der Waals surface area contributed by atoms with Crippen molar-refractivity contribution in [3.8, 4) is 11.1 Å². The van der Waals surface area contributed by atoms with E-state index in [-0.39, 0.29) is 0 Å². The van der Waals surface area contributed by atoms with E-state index in [0.717, 1.165) is 10.5 Å². The Bertz CT molecular complexity index is 949. The first-order valence-electron chi connectivity index (χ1n) is 7.08. The van der Waals surface area contributed by atoms with E-state index < -0.39 is 0 Å². The van der Waals surface area contributed by atoms with E-state index in [1.807, 2.05) is 0 Å². The molecule has 4 aromatic rings. The molecule has 0 saturated heterocycles. The van der Waals surface area contributed by atoms with Gasteiger partial charge in [0.2, 0.25) is 0 Å². The molecule has 0 bridgehead atoms. The third-order valence-electron chi connectivity index (χ3n) is 3.84. The highest BCUT2D eigenvalue weighted by molar-refractivity contribution is 7.25. The number of benzene rings is 2. The summed E-state index contributed by atoms with van der Waals surface area (Å²) < 4.78 is 1.30. The van der Waals surface area contributed by atoms with Crippen molar-refractivity contribution in [2.45, 2.75) is 13.8 Å². The van der Waals surface area contributed by atoms with E-state index in [1.54, 1.807) is 11.3 Å². The first-order chi connectivity index (χ1) is 10.2. The molecule has 0 aliphatic rings. The van der Waals surface area contributed by atoms with E-state index in [1.165, 1.54) is 32.2 Å². The monoisotopic (exact) mass is 289 g/mol. The molecular weight excluding hydrogens is 274 g/mol. The Morgan fingerprint density at radius 2 is 1.67 bits per heavy atom. The first-order valence-corrected chi connectivity index (χ1v) is 7.90. The summed E-state index contributed by atoms with van der Waals surface area (Å²) in [6.07, 6.45) is 0. The van der Waals surface area contributed by atoms with Crippen LogP contribution >= 0.6 is 11.3 Å². The fraction of sp³-hybridized carbons (Fsp3) is 0.105. The molecule has 102 valence electrons. The average Bonchev–Trinajstić information content (AvgIpc) is 2.85. The normalized spacial score (nSPS) is 11.3. The number of rotatable bonds is 1. The summed E-state index contributed by atoms with van der Waals surface area (Å²) in [5.41, 5.74) is 4.91. The van der Waals surface area contributed by atoms with E-state index >= 15 is 0 Å². The van der Waals surface area contributed by atoms with Crippen LogP contribution in [0.5, 0.6) is 0 Å². The van der Waals surface area contributed by atoms with Gasteiger partial charge in [-0.1, -0.05) is 48.0 Å². The maximum absolute atomic E-state index is 4.74. The number of hydrogen-bond acceptors (Lipinski definition) is 2. The predicted octanol–water partition coefficient (Wildman–Crippen LogP) is 5.73. The molecule has 2 aromatic heterocycles. The molecule has 0 amide bonds. The number of aromatic nitrogens is 1. The van der Waals surface area contributed by atoms with Crippen molar-refractivity contribution >= 4 is 31.6 Å². The van der Waals surface area contributed by atoms with Gasteiger partial charge in [-0.3, -0.25) is 0 Å². The fourth-order valence-corrected chi connectivity index (χ4v) is 3.95. The number of hydrogen-bond donors (Lipinski definition) is 0. The maximum atomic E-state index is 4.74. The predicted molar refractivity (Wildman–Crippen MR) is 92.0 cm³/mol. The highest BCUT2D eigenvalue weighted by atomic mass is 32.1. The Balaban J connectivity index is 2.13. The van der Waals surface area contributed by atoms with Crippen molar-refractivity contribution in [1.82, 2.24) is 4.98 Å². The van der Waals surface area contributed by atoms with Gasteiger partial charge in [0.25, 0.3) is 0 Å². The Kier molecular flexibility index (Phi) is 2.79. The quantitative estimate of drug-likeness (QED) is 0.436. The molecule has 21 heavy (non-hydrogen) atoms. The lowest BCUT2D eigenvalue weighted by molar-refractivity contribution is 1.27. The maximum Gasteiger partial charge on any atom is 0.125 e. The Morgan fingerprint density at radius 3 is 2.48 bits per heavy atom. The Morgan fingerprint density at radius 1 is 0.905 bits per heavy atom. The van der Waals surface area contributed by atoms with Crippen LogP contribution in [0.1, 0.15) is 11.3 Å². The second-order valence-electron chi connectivity index (χ2n) is 5.46. The summed E-state index contributed by atoms with van der Waals surface area (Å²) in [5, 5.41) is 2.59. The summed E-state index contributed by atoms with van der Waals surface area (Å²) in [6.45, 7) is 4.19. The van der Waals surface area contributed by atoms with Gasteiger partial charge < -0.3 is 0 Å². The number of aryl methyl sites for hydroxylation is 2. The molecule has 2 aromatic carbocycles. The zero-order valence-electron chi connectivity index (χ0n) is 12.1. The lowest BCUT2D eigenvalue weighted by atomic mass is 9.99. The molecule has 2 heterocycles. The van der Waals surface area contributed by atoms with Gasteiger partial charge in [-0.05, 0) is 37.1 Å². The van der Waals surface area contributed by atoms with Crippen LogP contribution in [0.25, 0.3) is 31.4 Å². The van der Waals surface area contributed by atoms with Crippen molar-refractivity contribution in [3.63, 3.8) is 0 Å². The van der Waals surface area contributed by atoms with Crippen LogP contribution in [0, 0.1) is 13.8 Å². The van der Waals surface area contributed by atoms with Crippen molar-refractivity contribution in [2.75, 3.05) is 0 Å². The second kappa shape index (κ2) is 4.68. The third-order valence-corrected chi connectivity index (χ3v) is 4.90. The number of pyridine rings is 1. The number of fused-ring (bicyclic) bond motifs is 3. The molecule has 0 fully saturated rings. The van der Waals surface area contributed by atoms with Crippen molar-refractivity contribution in [3.05, 3.63) is 65.9 Å². The van der Waals surface area contributed by atoms with Crippen molar-refractivity contribution in [2.24, 2.45) is 0 Å². The molecular formula is C19H15NS. The van der Waals surface area contributed by atoms with Gasteiger partial charge in [0, 0.05) is 21.2 Å². The smallest absolute Gasteiger partial charge is 0.125 e. The van der Waals surface area contributed by atoms with Gasteiger partial charge in [-0.15, -0.1) is 11.3 Å². The van der Waals surface area contributed by atoms with Crippen LogP contribution < -0.4 is 0 Å². The van der Waals surface area contributed by atoms with Crippen LogP contribution in [0.15, 0.2) is 54.6 Å². The molecule has 0 N–H and O–H groups in total. The van der Waals surface area contributed by atoms with E-state index in [9.17, 15) is 0 Å². The highest BCUT2D eigenvalue weighted by Crippen LogP contribution is 2.39. The van der Waals surface area contributed by atoms with Crippen molar-refractivity contribution < 1.29 is 0 Å². The fourth-order valence-electron chi connectivity index (χ4n) is 2.81. The Hall–Kier alpha value is -2.19. The molecule has 0 aliphatic heterocycles. The zero-order chi connectivity index (χ0) is 14.4. The molecule has 4 rings (SSSR count). The SMILES string of the molecule is Cc1ccc(-c2cc(C)nc3sc4ccccc4c23)cc1. The van der Waals surface area contributed by atoms with Crippen LogP contribution in [0.4, 0.5) is 0 Å². The lowest BCUT2D eigenvalue weighted by Crippen LogP contribution is -1.86. The summed E-state index contributed by atoms with van der Waals surface area (Å²) >= 11 is 1.78. The highest BCUT2D eigenvalue weighted by Gasteiger charge is 2.12. The Labute approximate surface area is 127 Å². The minimum Gasteiger partial charge on any atom is -0.242 e. The van der Waals surface area contributed by atoms with E-state index in [0.29, 0.717) is 0 Å². The summed E-state index contributed by atoms with van der Waals surface area (Å²) in [4.78, 5) is 5.87. The van der Waals surface area contributed by atoms with Gasteiger partial charge in [-0.2, -0.15) is 0 Å². The minimum atomic E-state index is 1.07. The molecule has 0 aliphatic carbocycles. The van der Waals surface area contributed by atoms with E-state index in [2.05, 4.69) is 68.4 Å². The first kappa shape index (κ1) is 12.5. The number of thiophene rings is 1. The zero-order valence-corrected chi connectivity index (χ0v) is 12.9. The van der Waals surface area contributed by atoms with Gasteiger partial charge in [0.05, 0.1) is 0 Å². The summed E-state index contributed by atoms with van der Waals surface area (Å²) in [6, 6.07) is 19.5. The van der Waals surface area contributed by atoms with E-state index in [4.69, 9.17) is 4.98 Å². The topological polar surface area (TPSA) is 12.9 Å². The third kappa shape index (κ3) is 2.03. The van der Waals surface area contributed by atoms with Gasteiger partial charge >= 0.3 is 0 Å². The van der Waals surface area contributed by atoms with Crippen LogP contribution in [-0.4, -0.2) is 4.98 Å². The molecule has 0 radical (unpaired) electrons. The van der Waals surface area contributed by atoms with Crippen LogP contribution in [0.3, 0.4) is 0 Å². The van der Waals surface area contributed by atoms with Gasteiger partial charge in [0.1, 0.15) is 4.83 Å². The molecule has 0 spiro atoms. The second-order valence-corrected chi connectivity index (χ2v) is 6.49. The minimum absolute atomic E-state index is 1.07. The van der Waals surface area contributed by atoms with Crippen molar-refractivity contribution in [1.29, 1.82) is 0 Å². The lowest BCUT2D eigenvalue weighted by Gasteiger charge is -2.06. The summed E-state index contributed by atoms with van der Waals surface area (Å²) in [7, 11) is 0. The number of nitrogens with zero attached hydrogens (tertiary/aromatic N) is 1. The molecule has 0 atom stereocenters. The average molecular weight is 289 g/mol. The largest absolute Gasteiger partial charge is 0.242 e.